The van der Waals surface area contributed by atoms with Crippen LogP contribution in [0.2, 0.25) is 0 Å². The maximum Gasteiger partial charge on any atom is 0.509 e. The number of esters is 1. The van der Waals surface area contributed by atoms with E-state index in [4.69, 9.17) is 14.2 Å². The van der Waals surface area contributed by atoms with Gasteiger partial charge in [0.1, 0.15) is 12.7 Å². The number of carbonyl (C=O) groups is 2. The Morgan fingerprint density at radius 3 is 2.64 bits per heavy atom. The predicted octanol–water partition coefficient (Wildman–Crippen LogP) is 1.03. The van der Waals surface area contributed by atoms with E-state index in [9.17, 15) is 9.59 Å². The molecule has 2 atom stereocenters. The van der Waals surface area contributed by atoms with Crippen molar-refractivity contribution in [2.24, 2.45) is 0 Å². The molecule has 0 radical (unpaired) electrons. The predicted molar refractivity (Wildman–Crippen MR) is 46.6 cm³/mol. The van der Waals surface area contributed by atoms with E-state index >= 15 is 0 Å². The fourth-order valence-electron chi connectivity index (χ4n) is 0.925. The van der Waals surface area contributed by atoms with Crippen molar-refractivity contribution < 1.29 is 23.8 Å². The zero-order valence-corrected chi connectivity index (χ0v) is 8.11. The van der Waals surface area contributed by atoms with Gasteiger partial charge in [-0.1, -0.05) is 6.58 Å². The molecule has 5 nitrogen and oxygen atoms in total. The SMILES string of the molecule is C=C(C)C(=O)OCC1OC(=O)OC1C. The van der Waals surface area contributed by atoms with E-state index in [1.165, 1.54) is 0 Å². The lowest BCUT2D eigenvalue weighted by atomic mass is 10.2. The highest BCUT2D eigenvalue weighted by molar-refractivity contribution is 5.86. The zero-order valence-electron chi connectivity index (χ0n) is 8.11. The number of ether oxygens (including phenoxy) is 3. The minimum atomic E-state index is -0.728. The van der Waals surface area contributed by atoms with E-state index in [0.717, 1.165) is 0 Å². The van der Waals surface area contributed by atoms with Gasteiger partial charge in [0.25, 0.3) is 0 Å². The van der Waals surface area contributed by atoms with Crippen LogP contribution in [-0.2, 0) is 19.0 Å². The lowest BCUT2D eigenvalue weighted by molar-refractivity contribution is -0.141. The molecule has 0 aromatic rings. The molecule has 2 unspecified atom stereocenters. The first kappa shape index (κ1) is 10.6. The number of carbonyl (C=O) groups excluding carboxylic acids is 2. The Balaban J connectivity index is 2.35. The quantitative estimate of drug-likeness (QED) is 0.503. The van der Waals surface area contributed by atoms with Crippen LogP contribution in [-0.4, -0.2) is 30.9 Å². The van der Waals surface area contributed by atoms with Crippen LogP contribution in [0, 0.1) is 0 Å². The molecule has 78 valence electrons. The van der Waals surface area contributed by atoms with Gasteiger partial charge in [0.05, 0.1) is 0 Å². The molecule has 0 spiro atoms. The van der Waals surface area contributed by atoms with Gasteiger partial charge in [-0.3, -0.25) is 0 Å². The van der Waals surface area contributed by atoms with Crippen molar-refractivity contribution in [3.63, 3.8) is 0 Å². The standard InChI is InChI=1S/C9H12O5/c1-5(2)8(10)12-4-7-6(3)13-9(11)14-7/h6-7H,1,4H2,2-3H3. The summed E-state index contributed by atoms with van der Waals surface area (Å²) in [5.74, 6) is -0.500. The highest BCUT2D eigenvalue weighted by atomic mass is 16.8. The monoisotopic (exact) mass is 200 g/mol. The van der Waals surface area contributed by atoms with E-state index in [1.54, 1.807) is 13.8 Å². The molecule has 0 saturated carbocycles. The Labute approximate surface area is 81.6 Å². The van der Waals surface area contributed by atoms with Crippen LogP contribution < -0.4 is 0 Å². The maximum absolute atomic E-state index is 11.0. The minimum Gasteiger partial charge on any atom is -0.458 e. The van der Waals surface area contributed by atoms with Crippen LogP contribution in [0.25, 0.3) is 0 Å². The van der Waals surface area contributed by atoms with Crippen molar-refractivity contribution in [3.8, 4) is 0 Å². The molecular formula is C9H12O5. The summed E-state index contributed by atoms with van der Waals surface area (Å²) in [5.41, 5.74) is 0.308. The second-order valence-electron chi connectivity index (χ2n) is 3.11. The zero-order chi connectivity index (χ0) is 10.7. The van der Waals surface area contributed by atoms with Crippen molar-refractivity contribution in [3.05, 3.63) is 12.2 Å². The summed E-state index contributed by atoms with van der Waals surface area (Å²) >= 11 is 0. The lowest BCUT2D eigenvalue weighted by Crippen LogP contribution is -2.26. The van der Waals surface area contributed by atoms with Crippen LogP contribution in [0.15, 0.2) is 12.2 Å². The Morgan fingerprint density at radius 2 is 2.21 bits per heavy atom. The average Bonchev–Trinajstić information content (AvgIpc) is 2.40. The Bertz CT molecular complexity index is 270. The summed E-state index contributed by atoms with van der Waals surface area (Å²) in [6.07, 6.45) is -1.64. The molecule has 0 N–H and O–H groups in total. The van der Waals surface area contributed by atoms with Crippen LogP contribution in [0.3, 0.4) is 0 Å². The Hall–Kier alpha value is -1.52. The molecular weight excluding hydrogens is 188 g/mol. The highest BCUT2D eigenvalue weighted by Gasteiger charge is 2.34. The first-order chi connectivity index (χ1) is 6.50. The molecule has 1 heterocycles. The summed E-state index contributed by atoms with van der Waals surface area (Å²) in [6, 6.07) is 0. The highest BCUT2D eigenvalue weighted by Crippen LogP contribution is 2.15. The molecule has 0 aromatic heterocycles. The molecule has 5 heteroatoms. The molecule has 1 aliphatic rings. The third-order valence-electron chi connectivity index (χ3n) is 1.78. The molecule has 0 bridgehead atoms. The van der Waals surface area contributed by atoms with Gasteiger partial charge in [0.2, 0.25) is 0 Å². The summed E-state index contributed by atoms with van der Waals surface area (Å²) in [6.45, 7) is 6.63. The second-order valence-corrected chi connectivity index (χ2v) is 3.11. The topological polar surface area (TPSA) is 61.8 Å². The van der Waals surface area contributed by atoms with Gasteiger partial charge in [-0.25, -0.2) is 9.59 Å². The molecule has 14 heavy (non-hydrogen) atoms. The molecule has 0 aromatic carbocycles. The van der Waals surface area contributed by atoms with Gasteiger partial charge in [-0.15, -0.1) is 0 Å². The van der Waals surface area contributed by atoms with Gasteiger partial charge >= 0.3 is 12.1 Å². The first-order valence-electron chi connectivity index (χ1n) is 4.20. The van der Waals surface area contributed by atoms with Crippen LogP contribution in [0.5, 0.6) is 0 Å². The smallest absolute Gasteiger partial charge is 0.458 e. The van der Waals surface area contributed by atoms with Crippen molar-refractivity contribution in [2.45, 2.75) is 26.1 Å². The summed E-state index contributed by atoms with van der Waals surface area (Å²) < 4.78 is 14.2. The van der Waals surface area contributed by atoms with Gasteiger partial charge in [0, 0.05) is 5.57 Å². The number of hydrogen-bond acceptors (Lipinski definition) is 5. The Morgan fingerprint density at radius 1 is 1.57 bits per heavy atom. The third-order valence-corrected chi connectivity index (χ3v) is 1.78. The first-order valence-corrected chi connectivity index (χ1v) is 4.20. The average molecular weight is 200 g/mol. The van der Waals surface area contributed by atoms with Crippen molar-refractivity contribution in [1.82, 2.24) is 0 Å². The largest absolute Gasteiger partial charge is 0.509 e. The molecule has 1 rings (SSSR count). The molecule has 1 aliphatic heterocycles. The van der Waals surface area contributed by atoms with Gasteiger partial charge in [-0.2, -0.15) is 0 Å². The number of cyclic esters (lactones) is 2. The fraction of sp³-hybridized carbons (Fsp3) is 0.556. The number of hydrogen-bond donors (Lipinski definition) is 0. The number of rotatable bonds is 3. The summed E-state index contributed by atoms with van der Waals surface area (Å²) in [5, 5.41) is 0. The molecule has 0 amide bonds. The minimum absolute atomic E-state index is 0.00139. The van der Waals surface area contributed by atoms with E-state index < -0.39 is 18.2 Å². The normalized spacial score (nSPS) is 25.1. The van der Waals surface area contributed by atoms with Crippen LogP contribution in [0.1, 0.15) is 13.8 Å². The van der Waals surface area contributed by atoms with Crippen molar-refractivity contribution in [2.75, 3.05) is 6.61 Å². The van der Waals surface area contributed by atoms with E-state index in [0.29, 0.717) is 5.57 Å². The fourth-order valence-corrected chi connectivity index (χ4v) is 0.925. The van der Waals surface area contributed by atoms with E-state index in [1.807, 2.05) is 0 Å². The lowest BCUT2D eigenvalue weighted by Gasteiger charge is -2.11. The second kappa shape index (κ2) is 4.13. The molecule has 1 fully saturated rings. The van der Waals surface area contributed by atoms with E-state index in [-0.39, 0.29) is 12.7 Å². The van der Waals surface area contributed by atoms with Crippen LogP contribution in [0.4, 0.5) is 4.79 Å². The summed E-state index contributed by atoms with van der Waals surface area (Å²) in [4.78, 5) is 21.6. The van der Waals surface area contributed by atoms with Gasteiger partial charge in [-0.05, 0) is 13.8 Å². The molecule has 1 saturated heterocycles. The Kier molecular flexibility index (Phi) is 3.11. The maximum atomic E-state index is 11.0. The molecule has 0 aliphatic carbocycles. The van der Waals surface area contributed by atoms with Crippen molar-refractivity contribution in [1.29, 1.82) is 0 Å². The van der Waals surface area contributed by atoms with Gasteiger partial charge < -0.3 is 14.2 Å². The van der Waals surface area contributed by atoms with Gasteiger partial charge in [0.15, 0.2) is 6.10 Å². The third kappa shape index (κ3) is 2.48. The van der Waals surface area contributed by atoms with Crippen molar-refractivity contribution >= 4 is 12.1 Å². The van der Waals surface area contributed by atoms with E-state index in [2.05, 4.69) is 6.58 Å². The van der Waals surface area contributed by atoms with Crippen LogP contribution >= 0.6 is 0 Å². The summed E-state index contributed by atoms with van der Waals surface area (Å²) in [7, 11) is 0.